The summed E-state index contributed by atoms with van der Waals surface area (Å²) in [4.78, 5) is 3.90. The van der Waals surface area contributed by atoms with Crippen LogP contribution in [-0.4, -0.2) is 25.2 Å². The van der Waals surface area contributed by atoms with Gasteiger partial charge in [0.2, 0.25) is 0 Å². The molecule has 1 N–H and O–H groups in total. The van der Waals surface area contributed by atoms with Gasteiger partial charge in [-0.25, -0.2) is 0 Å². The first-order valence-electron chi connectivity index (χ1n) is 4.97. The molecule has 0 aromatic carbocycles. The van der Waals surface area contributed by atoms with Crippen LogP contribution in [0.3, 0.4) is 0 Å². The van der Waals surface area contributed by atoms with Gasteiger partial charge in [0.15, 0.2) is 6.67 Å². The highest BCUT2D eigenvalue weighted by molar-refractivity contribution is 4.78. The molecule has 1 rings (SSSR count). The zero-order valence-corrected chi connectivity index (χ0v) is 8.51. The van der Waals surface area contributed by atoms with Crippen LogP contribution in [0.4, 0.5) is 0 Å². The summed E-state index contributed by atoms with van der Waals surface area (Å²) >= 11 is 0. The molecule has 12 heavy (non-hydrogen) atoms. The van der Waals surface area contributed by atoms with Crippen LogP contribution in [0.1, 0.15) is 26.7 Å². The topological polar surface area (TPSA) is 7.68 Å². The Morgan fingerprint density at radius 1 is 1.58 bits per heavy atom. The second-order valence-electron chi connectivity index (χ2n) is 3.99. The van der Waals surface area contributed by atoms with E-state index in [4.69, 9.17) is 0 Å². The van der Waals surface area contributed by atoms with E-state index < -0.39 is 0 Å². The van der Waals surface area contributed by atoms with Gasteiger partial charge in [-0.3, -0.25) is 4.90 Å². The summed E-state index contributed by atoms with van der Waals surface area (Å²) in [5.74, 6) is 0.838. The molecule has 0 saturated carbocycles. The zero-order valence-electron chi connectivity index (χ0n) is 8.51. The van der Waals surface area contributed by atoms with Crippen LogP contribution in [0.25, 0.3) is 0 Å². The number of hydrogen-bond acceptors (Lipinski definition) is 1. The first-order chi connectivity index (χ1) is 5.72. The fraction of sp³-hybridized carbons (Fsp3) is 0.800. The van der Waals surface area contributed by atoms with E-state index in [1.165, 1.54) is 24.3 Å². The van der Waals surface area contributed by atoms with Crippen molar-refractivity contribution in [2.24, 2.45) is 5.92 Å². The lowest BCUT2D eigenvalue weighted by molar-refractivity contribution is -0.826. The third-order valence-electron chi connectivity index (χ3n) is 2.35. The van der Waals surface area contributed by atoms with E-state index >= 15 is 0 Å². The molecule has 0 radical (unpaired) electrons. The number of rotatable bonds is 4. The van der Waals surface area contributed by atoms with Gasteiger partial charge in [-0.05, 0) is 12.3 Å². The second kappa shape index (κ2) is 4.51. The van der Waals surface area contributed by atoms with Crippen LogP contribution in [0, 0.1) is 5.92 Å². The minimum atomic E-state index is 0.838. The predicted octanol–water partition coefficient (Wildman–Crippen LogP) is 0.682. The quantitative estimate of drug-likeness (QED) is 0.650. The van der Waals surface area contributed by atoms with Crippen LogP contribution in [0.15, 0.2) is 12.4 Å². The summed E-state index contributed by atoms with van der Waals surface area (Å²) in [6.07, 6.45) is 7.10. The third-order valence-corrected chi connectivity index (χ3v) is 2.35. The Morgan fingerprint density at radius 3 is 2.83 bits per heavy atom. The van der Waals surface area contributed by atoms with Crippen LogP contribution >= 0.6 is 0 Å². The fourth-order valence-electron chi connectivity index (χ4n) is 1.77. The number of hydrogen-bond donors (Lipinski definition) is 1. The first kappa shape index (κ1) is 9.59. The lowest BCUT2D eigenvalue weighted by Gasteiger charge is -2.19. The molecule has 1 heterocycles. The summed E-state index contributed by atoms with van der Waals surface area (Å²) in [6, 6.07) is 0. The van der Waals surface area contributed by atoms with Crippen molar-refractivity contribution in [2.45, 2.75) is 26.7 Å². The van der Waals surface area contributed by atoms with Gasteiger partial charge in [-0.2, -0.15) is 0 Å². The van der Waals surface area contributed by atoms with E-state index in [1.54, 1.807) is 0 Å². The maximum Gasteiger partial charge on any atom is 0.156 e. The molecule has 70 valence electrons. The van der Waals surface area contributed by atoms with Crippen molar-refractivity contribution in [3.8, 4) is 0 Å². The summed E-state index contributed by atoms with van der Waals surface area (Å²) < 4.78 is 0. The van der Waals surface area contributed by atoms with Crippen LogP contribution in [0.2, 0.25) is 0 Å². The Balaban J connectivity index is 2.19. The van der Waals surface area contributed by atoms with E-state index in [9.17, 15) is 0 Å². The first-order valence-corrected chi connectivity index (χ1v) is 4.97. The van der Waals surface area contributed by atoms with Gasteiger partial charge < -0.3 is 4.90 Å². The Bertz CT molecular complexity index is 154. The van der Waals surface area contributed by atoms with E-state index in [-0.39, 0.29) is 0 Å². The maximum atomic E-state index is 2.41. The highest BCUT2D eigenvalue weighted by Gasteiger charge is 2.14. The molecule has 0 aromatic rings. The fourth-order valence-corrected chi connectivity index (χ4v) is 1.77. The molecular formula is C10H21N2+. The van der Waals surface area contributed by atoms with Gasteiger partial charge >= 0.3 is 0 Å². The van der Waals surface area contributed by atoms with E-state index in [2.05, 4.69) is 38.2 Å². The van der Waals surface area contributed by atoms with Gasteiger partial charge in [0.05, 0.1) is 13.2 Å². The molecule has 1 aliphatic heterocycles. The molecule has 0 aliphatic carbocycles. The molecule has 2 heteroatoms. The molecule has 0 fully saturated rings. The van der Waals surface area contributed by atoms with E-state index in [0.717, 1.165) is 12.6 Å². The largest absolute Gasteiger partial charge is 0.326 e. The number of nitrogens with one attached hydrogen (secondary N) is 1. The van der Waals surface area contributed by atoms with E-state index in [1.807, 2.05) is 0 Å². The van der Waals surface area contributed by atoms with Crippen molar-refractivity contribution in [3.63, 3.8) is 0 Å². The molecule has 2 atom stereocenters. The molecule has 0 aromatic heterocycles. The van der Waals surface area contributed by atoms with Crippen molar-refractivity contribution in [1.29, 1.82) is 0 Å². The average Bonchev–Trinajstić information content (AvgIpc) is 2.36. The summed E-state index contributed by atoms with van der Waals surface area (Å²) in [6.45, 7) is 6.97. The second-order valence-corrected chi connectivity index (χ2v) is 3.99. The Morgan fingerprint density at radius 2 is 2.33 bits per heavy atom. The molecular weight excluding hydrogens is 148 g/mol. The third kappa shape index (κ3) is 2.86. The monoisotopic (exact) mass is 169 g/mol. The summed E-state index contributed by atoms with van der Waals surface area (Å²) in [5, 5.41) is 0. The lowest BCUT2D eigenvalue weighted by atomic mass is 10.1. The Hall–Kier alpha value is -0.500. The van der Waals surface area contributed by atoms with Crippen molar-refractivity contribution in [2.75, 3.05) is 20.3 Å². The smallest absolute Gasteiger partial charge is 0.156 e. The van der Waals surface area contributed by atoms with Gasteiger partial charge in [0, 0.05) is 6.54 Å². The SMILES string of the molecule is CCCC(C)CN1C=C[NH+](C)C1. The minimum absolute atomic E-state index is 0.838. The van der Waals surface area contributed by atoms with Crippen molar-refractivity contribution in [3.05, 3.63) is 12.4 Å². The number of nitrogens with zero attached hydrogens (tertiary/aromatic N) is 1. The molecule has 0 amide bonds. The number of quaternary nitrogens is 1. The maximum absolute atomic E-state index is 2.41. The van der Waals surface area contributed by atoms with Gasteiger partial charge in [-0.1, -0.05) is 20.3 Å². The Labute approximate surface area is 75.8 Å². The van der Waals surface area contributed by atoms with E-state index in [0.29, 0.717) is 0 Å². The molecule has 2 unspecified atom stereocenters. The average molecular weight is 169 g/mol. The zero-order chi connectivity index (χ0) is 8.97. The van der Waals surface area contributed by atoms with Crippen LogP contribution in [0.5, 0.6) is 0 Å². The standard InChI is InChI=1S/C10H20N2/c1-4-5-10(2)8-12-7-6-11(3)9-12/h6-7,10H,4-5,8-9H2,1-3H3/p+1. The molecule has 0 spiro atoms. The minimum Gasteiger partial charge on any atom is -0.326 e. The lowest BCUT2D eigenvalue weighted by Crippen LogP contribution is -3.03. The summed E-state index contributed by atoms with van der Waals surface area (Å²) in [7, 11) is 2.20. The van der Waals surface area contributed by atoms with Crippen molar-refractivity contribution < 1.29 is 4.90 Å². The normalized spacial score (nSPS) is 24.9. The highest BCUT2D eigenvalue weighted by atomic mass is 15.3. The Kier molecular flexibility index (Phi) is 3.60. The predicted molar refractivity (Wildman–Crippen MR) is 51.7 cm³/mol. The molecule has 0 bridgehead atoms. The van der Waals surface area contributed by atoms with Gasteiger partial charge in [0.1, 0.15) is 6.20 Å². The highest BCUT2D eigenvalue weighted by Crippen LogP contribution is 2.07. The molecule has 1 aliphatic rings. The van der Waals surface area contributed by atoms with Crippen molar-refractivity contribution in [1.82, 2.24) is 4.90 Å². The van der Waals surface area contributed by atoms with Gasteiger partial charge in [-0.15, -0.1) is 0 Å². The van der Waals surface area contributed by atoms with Crippen molar-refractivity contribution >= 4 is 0 Å². The summed E-state index contributed by atoms with van der Waals surface area (Å²) in [5.41, 5.74) is 0. The van der Waals surface area contributed by atoms with Gasteiger partial charge in [0.25, 0.3) is 0 Å². The molecule has 2 nitrogen and oxygen atoms in total. The van der Waals surface area contributed by atoms with Crippen LogP contribution < -0.4 is 4.90 Å². The molecule has 0 saturated heterocycles. The van der Waals surface area contributed by atoms with Crippen LogP contribution in [-0.2, 0) is 0 Å².